The summed E-state index contributed by atoms with van der Waals surface area (Å²) in [6.07, 6.45) is 20.0. The van der Waals surface area contributed by atoms with E-state index in [9.17, 15) is 0 Å². The summed E-state index contributed by atoms with van der Waals surface area (Å²) in [5.74, 6) is 0. The first-order chi connectivity index (χ1) is 13.8. The Balaban J connectivity index is -0.000000140. The number of hydrogen-bond donors (Lipinski definition) is 0. The van der Waals surface area contributed by atoms with E-state index in [2.05, 4.69) is 52.0 Å². The Morgan fingerprint density at radius 3 is 1.00 bits per heavy atom. The van der Waals surface area contributed by atoms with Gasteiger partial charge in [0.1, 0.15) is 0 Å². The van der Waals surface area contributed by atoms with Crippen LogP contribution in [0.2, 0.25) is 0 Å². The summed E-state index contributed by atoms with van der Waals surface area (Å²) >= 11 is 0. The molecule has 0 spiro atoms. The van der Waals surface area contributed by atoms with Gasteiger partial charge < -0.3 is 13.8 Å². The van der Waals surface area contributed by atoms with Crippen LogP contribution in [0.25, 0.3) is 0 Å². The zero-order chi connectivity index (χ0) is 21.3. The van der Waals surface area contributed by atoms with Gasteiger partial charge in [0, 0.05) is 19.5 Å². The molecule has 0 aliphatic heterocycles. The first kappa shape index (κ1) is 35.9. The van der Waals surface area contributed by atoms with E-state index in [1.54, 1.807) is 13.8 Å². The fourth-order valence-corrected chi connectivity index (χ4v) is 1.64. The molecular formula is C28H34TiZn-4. The van der Waals surface area contributed by atoms with Crippen molar-refractivity contribution in [3.05, 3.63) is 148 Å². The molecule has 4 rings (SSSR count). The maximum absolute atomic E-state index is 3.72. The molecule has 0 radical (unpaired) electrons. The molecule has 0 fully saturated rings. The van der Waals surface area contributed by atoms with E-state index >= 15 is 0 Å². The van der Waals surface area contributed by atoms with E-state index in [1.807, 2.05) is 85.0 Å². The maximum Gasteiger partial charge on any atom is 2.00 e. The molecule has 2 aromatic rings. The van der Waals surface area contributed by atoms with Gasteiger partial charge in [-0.3, -0.25) is 12.2 Å². The van der Waals surface area contributed by atoms with Crippen LogP contribution in [0, 0.1) is 39.8 Å². The van der Waals surface area contributed by atoms with Crippen molar-refractivity contribution in [1.82, 2.24) is 0 Å². The topological polar surface area (TPSA) is 0 Å². The molecular weight excluding hydrogens is 450 g/mol. The zero-order valence-corrected chi connectivity index (χ0v) is 23.2. The quantitative estimate of drug-likeness (QED) is 0.263. The number of hydrogen-bond acceptors (Lipinski definition) is 0. The van der Waals surface area contributed by atoms with Crippen LogP contribution in [0.3, 0.4) is 0 Å². The molecule has 0 saturated heterocycles. The Labute approximate surface area is 214 Å². The molecule has 0 unspecified atom stereocenters. The van der Waals surface area contributed by atoms with E-state index in [1.165, 1.54) is 0 Å². The van der Waals surface area contributed by atoms with Crippen LogP contribution in [0.15, 0.2) is 97.1 Å². The fraction of sp³-hybridized carbons (Fsp3) is 0.143. The fourth-order valence-electron chi connectivity index (χ4n) is 1.64. The summed E-state index contributed by atoms with van der Waals surface area (Å²) in [6.45, 7) is 17.4. The average molecular weight is 484 g/mol. The monoisotopic (exact) mass is 482 g/mol. The number of rotatable bonds is 0. The Hall–Kier alpha value is -1.52. The van der Waals surface area contributed by atoms with Crippen molar-refractivity contribution in [1.29, 1.82) is 0 Å². The first-order valence-corrected chi connectivity index (χ1v) is 9.38. The van der Waals surface area contributed by atoms with E-state index in [-0.39, 0.29) is 41.2 Å². The molecule has 30 heavy (non-hydrogen) atoms. The normalized spacial score (nSPS) is 10.3. The van der Waals surface area contributed by atoms with Crippen LogP contribution in [0.5, 0.6) is 0 Å². The summed E-state index contributed by atoms with van der Waals surface area (Å²) in [5, 5.41) is 0. The summed E-state index contributed by atoms with van der Waals surface area (Å²) in [7, 11) is 0. The Kier molecular flexibility index (Phi) is 38.5. The van der Waals surface area contributed by atoms with Crippen molar-refractivity contribution in [2.75, 3.05) is 0 Å². The van der Waals surface area contributed by atoms with Crippen molar-refractivity contribution in [2.45, 2.75) is 26.7 Å². The summed E-state index contributed by atoms with van der Waals surface area (Å²) < 4.78 is 0. The van der Waals surface area contributed by atoms with Gasteiger partial charge in [0.05, 0.1) is 0 Å². The van der Waals surface area contributed by atoms with Crippen molar-refractivity contribution < 1.29 is 41.2 Å². The third kappa shape index (κ3) is 28.7. The van der Waals surface area contributed by atoms with Gasteiger partial charge in [-0.2, -0.15) is 75.2 Å². The summed E-state index contributed by atoms with van der Waals surface area (Å²) in [4.78, 5) is 0. The first-order valence-electron chi connectivity index (χ1n) is 9.38. The van der Waals surface area contributed by atoms with Gasteiger partial charge in [0.25, 0.3) is 0 Å². The Morgan fingerprint density at radius 2 is 0.900 bits per heavy atom. The smallest absolute Gasteiger partial charge is 0.346 e. The molecule has 0 aromatic heterocycles. The van der Waals surface area contributed by atoms with Gasteiger partial charge in [0.2, 0.25) is 0 Å². The molecule has 0 heterocycles. The molecule has 0 saturated carbocycles. The van der Waals surface area contributed by atoms with Crippen LogP contribution in [0.1, 0.15) is 37.8 Å². The van der Waals surface area contributed by atoms with Gasteiger partial charge in [0.15, 0.2) is 0 Å². The van der Waals surface area contributed by atoms with E-state index < -0.39 is 0 Å². The van der Waals surface area contributed by atoms with Crippen LogP contribution < -0.4 is 0 Å². The Bertz CT molecular complexity index is 561. The minimum Gasteiger partial charge on any atom is -0.346 e. The Morgan fingerprint density at radius 1 is 0.600 bits per heavy atom. The van der Waals surface area contributed by atoms with Gasteiger partial charge in [-0.15, -0.1) is 37.1 Å². The van der Waals surface area contributed by atoms with Crippen molar-refractivity contribution >= 4 is 0 Å². The number of benzene rings is 2. The minimum atomic E-state index is 0. The number of allylic oxidation sites excluding steroid dienone is 8. The second-order valence-electron chi connectivity index (χ2n) is 4.98. The van der Waals surface area contributed by atoms with Gasteiger partial charge in [-0.25, -0.2) is 24.3 Å². The van der Waals surface area contributed by atoms with Crippen LogP contribution >= 0.6 is 0 Å². The SMILES string of the molecule is [C-]1=CC=CC1.[C-]1=CC=CC1.[CH2-]C.[CH2-]C.[CH2-]c1ccccc1.[CH2-]c1ccccc1.[Ti+2].[Zn]. The molecule has 0 N–H and O–H groups in total. The molecule has 156 valence electrons. The third-order valence-corrected chi connectivity index (χ3v) is 2.86. The molecule has 0 amide bonds. The van der Waals surface area contributed by atoms with Crippen molar-refractivity contribution in [3.63, 3.8) is 0 Å². The summed E-state index contributed by atoms with van der Waals surface area (Å²) in [5.41, 5.74) is 2.14. The molecule has 2 aromatic carbocycles. The largest absolute Gasteiger partial charge is 2.00 e. The predicted octanol–water partition coefficient (Wildman–Crippen LogP) is 8.02. The van der Waals surface area contributed by atoms with E-state index in [4.69, 9.17) is 0 Å². The van der Waals surface area contributed by atoms with Crippen molar-refractivity contribution in [3.8, 4) is 0 Å². The molecule has 2 heteroatoms. The van der Waals surface area contributed by atoms with Crippen LogP contribution in [-0.2, 0) is 41.2 Å². The maximum atomic E-state index is 3.72. The van der Waals surface area contributed by atoms with Crippen LogP contribution in [0.4, 0.5) is 0 Å². The molecule has 0 atom stereocenters. The summed E-state index contributed by atoms with van der Waals surface area (Å²) in [6, 6.07) is 19.7. The molecule has 2 aliphatic carbocycles. The van der Waals surface area contributed by atoms with Crippen LogP contribution in [-0.4, -0.2) is 0 Å². The third-order valence-electron chi connectivity index (χ3n) is 2.86. The average Bonchev–Trinajstić information content (AvgIpc) is 3.52. The molecule has 2 aliphatic rings. The predicted molar refractivity (Wildman–Crippen MR) is 127 cm³/mol. The molecule has 0 nitrogen and oxygen atoms in total. The van der Waals surface area contributed by atoms with Gasteiger partial charge in [-0.1, -0.05) is 12.1 Å². The second-order valence-corrected chi connectivity index (χ2v) is 4.98. The van der Waals surface area contributed by atoms with Gasteiger partial charge in [-0.05, 0) is 0 Å². The molecule has 0 bridgehead atoms. The zero-order valence-electron chi connectivity index (χ0n) is 18.7. The van der Waals surface area contributed by atoms with Gasteiger partial charge >= 0.3 is 21.7 Å². The van der Waals surface area contributed by atoms with Crippen molar-refractivity contribution in [2.24, 2.45) is 0 Å². The van der Waals surface area contributed by atoms with E-state index in [0.29, 0.717) is 0 Å². The minimum absolute atomic E-state index is 0. The standard InChI is InChI=1S/2C7H7.2C5H5.2C2H5.Ti.Zn/c2*1-7-5-3-2-4-6-7;2*1-2-4-5-3-1;2*1-2;;/h2*2-6H,1H2;2*1-3H,4H2;2*1H2,2H3;;/q6*-1;+2;. The second kappa shape index (κ2) is 32.2. The van der Waals surface area contributed by atoms with E-state index in [0.717, 1.165) is 24.0 Å².